The molecule has 0 aromatic heterocycles. The molecular formula is C26H31N3O5. The van der Waals surface area contributed by atoms with E-state index in [2.05, 4.69) is 0 Å². The Kier molecular flexibility index (Phi) is 6.61. The molecule has 2 heterocycles. The fraction of sp³-hybridized carbons (Fsp3) is 0.423. The number of rotatable bonds is 4. The summed E-state index contributed by atoms with van der Waals surface area (Å²) in [4.78, 5) is 42.9. The van der Waals surface area contributed by atoms with E-state index in [-0.39, 0.29) is 24.0 Å². The second-order valence-electron chi connectivity index (χ2n) is 9.14. The number of carbonyl (C=O) groups is 3. The van der Waals surface area contributed by atoms with E-state index in [4.69, 9.17) is 4.74 Å². The molecule has 4 rings (SSSR count). The van der Waals surface area contributed by atoms with Crippen LogP contribution in [0, 0.1) is 0 Å². The molecule has 2 aromatic carbocycles. The second kappa shape index (κ2) is 9.46. The summed E-state index contributed by atoms with van der Waals surface area (Å²) >= 11 is 0. The molecule has 2 aliphatic heterocycles. The third-order valence-corrected chi connectivity index (χ3v) is 6.27. The lowest BCUT2D eigenvalue weighted by molar-refractivity contribution is -0.117. The Balaban J connectivity index is 1.68. The van der Waals surface area contributed by atoms with Crippen molar-refractivity contribution < 1.29 is 24.2 Å². The lowest BCUT2D eigenvalue weighted by Gasteiger charge is -2.41. The number of likely N-dealkylation sites (tertiary alicyclic amines) is 1. The van der Waals surface area contributed by atoms with E-state index in [9.17, 15) is 19.5 Å². The number of anilines is 2. The molecule has 34 heavy (non-hydrogen) atoms. The van der Waals surface area contributed by atoms with Crippen molar-refractivity contribution in [3.63, 3.8) is 0 Å². The number of hydrogen-bond acceptors (Lipinski definition) is 5. The molecule has 0 spiro atoms. The summed E-state index contributed by atoms with van der Waals surface area (Å²) in [5.41, 5.74) is 3.60. The number of β-amino-alcohol motifs (C(OH)–C–C–N with tert-alkyl or cyclic N) is 1. The Morgan fingerprint density at radius 2 is 1.65 bits per heavy atom. The summed E-state index contributed by atoms with van der Waals surface area (Å²) in [7, 11) is 0. The molecule has 1 atom stereocenters. The van der Waals surface area contributed by atoms with Crippen LogP contribution < -0.4 is 9.80 Å². The Bertz CT molecular complexity index is 1090. The number of hydrogen-bond donors (Lipinski definition) is 1. The van der Waals surface area contributed by atoms with E-state index in [1.165, 1.54) is 6.92 Å². The first kappa shape index (κ1) is 23.8. The standard InChI is InChI=1S/C26H31N3O5/c1-5-21-13-28(26(33)34-16(2)3)24-12-20(10-11-23(24)29(21)17(4)30)18-6-8-19(9-7-18)25(32)27-14-22(31)15-27/h6-12,16,21-22,31H,5,13-15H2,1-4H3/t21-/m0/s1. The number of nitrogens with zero attached hydrogens (tertiary/aromatic N) is 3. The van der Waals surface area contributed by atoms with Gasteiger partial charge in [0.25, 0.3) is 5.91 Å². The zero-order valence-electron chi connectivity index (χ0n) is 20.0. The van der Waals surface area contributed by atoms with Crippen LogP contribution in [0.25, 0.3) is 11.1 Å². The predicted molar refractivity (Wildman–Crippen MR) is 130 cm³/mol. The van der Waals surface area contributed by atoms with Gasteiger partial charge in [0.05, 0.1) is 36.2 Å². The Hall–Kier alpha value is -3.39. The van der Waals surface area contributed by atoms with Crippen molar-refractivity contribution >= 4 is 29.3 Å². The van der Waals surface area contributed by atoms with Gasteiger partial charge in [0.15, 0.2) is 0 Å². The molecule has 8 nitrogen and oxygen atoms in total. The topological polar surface area (TPSA) is 90.4 Å². The van der Waals surface area contributed by atoms with Crippen molar-refractivity contribution in [2.45, 2.75) is 52.4 Å². The highest BCUT2D eigenvalue weighted by Gasteiger charge is 2.36. The maximum Gasteiger partial charge on any atom is 0.414 e. The number of fused-ring (bicyclic) bond motifs is 1. The zero-order chi connectivity index (χ0) is 24.6. The number of aliphatic hydroxyl groups is 1. The largest absolute Gasteiger partial charge is 0.446 e. The van der Waals surface area contributed by atoms with Crippen molar-refractivity contribution in [1.29, 1.82) is 0 Å². The first-order valence-corrected chi connectivity index (χ1v) is 11.7. The second-order valence-corrected chi connectivity index (χ2v) is 9.14. The maximum atomic E-state index is 12.9. The van der Waals surface area contributed by atoms with Gasteiger partial charge in [0.1, 0.15) is 0 Å². The molecular weight excluding hydrogens is 434 g/mol. The van der Waals surface area contributed by atoms with Crippen LogP contribution in [0.15, 0.2) is 42.5 Å². The Morgan fingerprint density at radius 3 is 2.21 bits per heavy atom. The Labute approximate surface area is 199 Å². The van der Waals surface area contributed by atoms with Gasteiger partial charge in [-0.1, -0.05) is 25.1 Å². The van der Waals surface area contributed by atoms with Crippen molar-refractivity contribution in [2.75, 3.05) is 29.4 Å². The summed E-state index contributed by atoms with van der Waals surface area (Å²) in [6, 6.07) is 12.8. The van der Waals surface area contributed by atoms with E-state index in [1.807, 2.05) is 51.1 Å². The molecule has 1 saturated heterocycles. The molecule has 180 valence electrons. The highest BCUT2D eigenvalue weighted by molar-refractivity contribution is 6.03. The van der Waals surface area contributed by atoms with Crippen LogP contribution >= 0.6 is 0 Å². The van der Waals surface area contributed by atoms with Gasteiger partial charge in [-0.25, -0.2) is 4.79 Å². The van der Waals surface area contributed by atoms with Gasteiger partial charge in [0.2, 0.25) is 5.91 Å². The van der Waals surface area contributed by atoms with Crippen LogP contribution in [0.3, 0.4) is 0 Å². The zero-order valence-corrected chi connectivity index (χ0v) is 20.0. The van der Waals surface area contributed by atoms with Crippen LogP contribution in [-0.4, -0.2) is 65.8 Å². The smallest absolute Gasteiger partial charge is 0.414 e. The molecule has 2 aromatic rings. The minimum Gasteiger partial charge on any atom is -0.446 e. The van der Waals surface area contributed by atoms with E-state index < -0.39 is 12.2 Å². The molecule has 0 saturated carbocycles. The molecule has 0 bridgehead atoms. The van der Waals surface area contributed by atoms with Gasteiger partial charge >= 0.3 is 6.09 Å². The number of aliphatic hydroxyl groups excluding tert-OH is 1. The Morgan fingerprint density at radius 1 is 1.00 bits per heavy atom. The van der Waals surface area contributed by atoms with Crippen LogP contribution in [0.1, 0.15) is 44.5 Å². The average Bonchev–Trinajstić information content (AvgIpc) is 2.79. The SMILES string of the molecule is CC[C@H]1CN(C(=O)OC(C)C)c2cc(-c3ccc(C(=O)N4CC(O)C4)cc3)ccc2N1C(C)=O. The molecule has 1 N–H and O–H groups in total. The van der Waals surface area contributed by atoms with Gasteiger partial charge < -0.3 is 19.6 Å². The third-order valence-electron chi connectivity index (χ3n) is 6.27. The fourth-order valence-corrected chi connectivity index (χ4v) is 4.50. The van der Waals surface area contributed by atoms with Crippen LogP contribution in [-0.2, 0) is 9.53 Å². The van der Waals surface area contributed by atoms with E-state index in [0.717, 1.165) is 11.1 Å². The molecule has 1 fully saturated rings. The van der Waals surface area contributed by atoms with Crippen molar-refractivity contribution in [3.8, 4) is 11.1 Å². The average molecular weight is 466 g/mol. The van der Waals surface area contributed by atoms with Gasteiger partial charge in [-0.3, -0.25) is 14.5 Å². The molecule has 0 aliphatic carbocycles. The lowest BCUT2D eigenvalue weighted by Crippen LogP contribution is -2.53. The van der Waals surface area contributed by atoms with E-state index in [1.54, 1.807) is 26.8 Å². The summed E-state index contributed by atoms with van der Waals surface area (Å²) in [6.45, 7) is 8.22. The summed E-state index contributed by atoms with van der Waals surface area (Å²) in [6.07, 6.45) is -0.434. The van der Waals surface area contributed by atoms with Crippen LogP contribution in [0.2, 0.25) is 0 Å². The minimum atomic E-state index is -0.439. The van der Waals surface area contributed by atoms with E-state index in [0.29, 0.717) is 43.0 Å². The number of ether oxygens (including phenoxy) is 1. The fourth-order valence-electron chi connectivity index (χ4n) is 4.50. The highest BCUT2D eigenvalue weighted by atomic mass is 16.6. The molecule has 0 radical (unpaired) electrons. The van der Waals surface area contributed by atoms with Gasteiger partial charge in [-0.2, -0.15) is 0 Å². The molecule has 2 aliphatic rings. The molecule has 3 amide bonds. The summed E-state index contributed by atoms with van der Waals surface area (Å²) < 4.78 is 5.49. The van der Waals surface area contributed by atoms with Gasteiger partial charge in [0, 0.05) is 25.6 Å². The van der Waals surface area contributed by atoms with Gasteiger partial charge in [-0.05, 0) is 55.7 Å². The monoisotopic (exact) mass is 465 g/mol. The summed E-state index contributed by atoms with van der Waals surface area (Å²) in [5.74, 6) is -0.177. The number of amides is 3. The first-order valence-electron chi connectivity index (χ1n) is 11.7. The van der Waals surface area contributed by atoms with E-state index >= 15 is 0 Å². The van der Waals surface area contributed by atoms with Crippen LogP contribution in [0.5, 0.6) is 0 Å². The molecule has 8 heteroatoms. The number of benzene rings is 2. The van der Waals surface area contributed by atoms with Crippen LogP contribution in [0.4, 0.5) is 16.2 Å². The van der Waals surface area contributed by atoms with Crippen molar-refractivity contribution in [2.24, 2.45) is 0 Å². The van der Waals surface area contributed by atoms with Crippen molar-refractivity contribution in [3.05, 3.63) is 48.0 Å². The highest BCUT2D eigenvalue weighted by Crippen LogP contribution is 2.40. The quantitative estimate of drug-likeness (QED) is 0.744. The number of carbonyl (C=O) groups excluding carboxylic acids is 3. The maximum absolute atomic E-state index is 12.9. The lowest BCUT2D eigenvalue weighted by atomic mass is 9.98. The minimum absolute atomic E-state index is 0.0725. The van der Waals surface area contributed by atoms with Crippen molar-refractivity contribution in [1.82, 2.24) is 4.90 Å². The third kappa shape index (κ3) is 4.50. The molecule has 0 unspecified atom stereocenters. The van der Waals surface area contributed by atoms with Gasteiger partial charge in [-0.15, -0.1) is 0 Å². The summed E-state index contributed by atoms with van der Waals surface area (Å²) in [5, 5.41) is 9.44. The first-order chi connectivity index (χ1) is 16.2. The normalized spacial score (nSPS) is 17.9. The predicted octanol–water partition coefficient (Wildman–Crippen LogP) is 3.67.